The molecule has 5 heteroatoms. The van der Waals surface area contributed by atoms with Crippen molar-refractivity contribution in [1.82, 2.24) is 4.90 Å². The first-order valence-corrected chi connectivity index (χ1v) is 6.24. The van der Waals surface area contributed by atoms with Gasteiger partial charge in [-0.3, -0.25) is 4.79 Å². The van der Waals surface area contributed by atoms with Crippen molar-refractivity contribution >= 4 is 17.3 Å². The van der Waals surface area contributed by atoms with Crippen molar-refractivity contribution in [2.45, 2.75) is 13.3 Å². The molecule has 0 aliphatic carbocycles. The molecule has 1 rings (SSSR count). The largest absolute Gasteiger partial charge is 0.397 e. The molecular weight excluding hydrogens is 240 g/mol. The fourth-order valence-electron chi connectivity index (χ4n) is 1.84. The highest BCUT2D eigenvalue weighted by Crippen LogP contribution is 2.25. The maximum absolute atomic E-state index is 11.9. The van der Waals surface area contributed by atoms with Gasteiger partial charge in [0, 0.05) is 32.7 Å². The molecule has 0 heterocycles. The summed E-state index contributed by atoms with van der Waals surface area (Å²) in [5.41, 5.74) is 8.00. The molecule has 0 atom stereocenters. The lowest BCUT2D eigenvalue weighted by atomic mass is 10.1. The topological polar surface area (TPSA) is 73.4 Å². The lowest BCUT2D eigenvalue weighted by Crippen LogP contribution is -2.26. The zero-order valence-corrected chi connectivity index (χ0v) is 11.7. The molecule has 0 saturated carbocycles. The smallest absolute Gasteiger partial charge is 0.253 e. The Labute approximate surface area is 114 Å². The second kappa shape index (κ2) is 6.64. The zero-order valence-electron chi connectivity index (χ0n) is 11.7. The van der Waals surface area contributed by atoms with Crippen molar-refractivity contribution in [3.8, 4) is 6.07 Å². The van der Waals surface area contributed by atoms with Gasteiger partial charge in [-0.15, -0.1) is 0 Å². The molecular formula is C14H20N4O. The average molecular weight is 260 g/mol. The molecule has 0 radical (unpaired) electrons. The van der Waals surface area contributed by atoms with E-state index in [1.807, 2.05) is 11.8 Å². The first-order chi connectivity index (χ1) is 9.01. The highest BCUT2D eigenvalue weighted by Gasteiger charge is 2.13. The Morgan fingerprint density at radius 3 is 2.63 bits per heavy atom. The van der Waals surface area contributed by atoms with E-state index in [1.165, 1.54) is 4.90 Å². The number of nitrogen functional groups attached to an aromatic ring is 1. The molecule has 0 fully saturated rings. The standard InChI is InChI=1S/C14H20N4O/c1-4-18(9-5-8-15)13-10-11(6-7-12(13)16)14(19)17(2)3/h6-7,10H,4-5,9,16H2,1-3H3. The van der Waals surface area contributed by atoms with Gasteiger partial charge in [0.1, 0.15) is 0 Å². The van der Waals surface area contributed by atoms with Crippen LogP contribution in [0.2, 0.25) is 0 Å². The third-order valence-corrected chi connectivity index (χ3v) is 2.90. The summed E-state index contributed by atoms with van der Waals surface area (Å²) < 4.78 is 0. The first kappa shape index (κ1) is 14.8. The van der Waals surface area contributed by atoms with Crippen LogP contribution in [-0.2, 0) is 0 Å². The van der Waals surface area contributed by atoms with E-state index in [0.717, 1.165) is 12.2 Å². The monoisotopic (exact) mass is 260 g/mol. The van der Waals surface area contributed by atoms with Gasteiger partial charge in [0.25, 0.3) is 5.91 Å². The van der Waals surface area contributed by atoms with Gasteiger partial charge in [-0.1, -0.05) is 0 Å². The number of hydrogen-bond donors (Lipinski definition) is 1. The SMILES string of the molecule is CCN(CCC#N)c1cc(C(=O)N(C)C)ccc1N. The number of nitriles is 1. The molecule has 1 amide bonds. The number of anilines is 2. The quantitative estimate of drug-likeness (QED) is 0.818. The van der Waals surface area contributed by atoms with Crippen LogP contribution in [0.25, 0.3) is 0 Å². The van der Waals surface area contributed by atoms with Gasteiger partial charge in [0.2, 0.25) is 0 Å². The van der Waals surface area contributed by atoms with Gasteiger partial charge in [0.15, 0.2) is 0 Å². The van der Waals surface area contributed by atoms with Crippen LogP contribution in [0, 0.1) is 11.3 Å². The van der Waals surface area contributed by atoms with Crippen molar-refractivity contribution in [3.63, 3.8) is 0 Å². The van der Waals surface area contributed by atoms with Gasteiger partial charge in [-0.2, -0.15) is 5.26 Å². The number of rotatable bonds is 5. The van der Waals surface area contributed by atoms with Crippen molar-refractivity contribution in [2.24, 2.45) is 0 Å². The summed E-state index contributed by atoms with van der Waals surface area (Å²) in [7, 11) is 3.43. The lowest BCUT2D eigenvalue weighted by Gasteiger charge is -2.24. The maximum Gasteiger partial charge on any atom is 0.253 e. The van der Waals surface area contributed by atoms with Crippen LogP contribution in [0.1, 0.15) is 23.7 Å². The molecule has 0 bridgehead atoms. The molecule has 0 aliphatic rings. The van der Waals surface area contributed by atoms with Gasteiger partial charge >= 0.3 is 0 Å². The average Bonchev–Trinajstić information content (AvgIpc) is 2.40. The molecule has 1 aromatic rings. The molecule has 0 spiro atoms. The normalized spacial score (nSPS) is 9.79. The fraction of sp³-hybridized carbons (Fsp3) is 0.429. The van der Waals surface area contributed by atoms with Crippen LogP contribution in [0.5, 0.6) is 0 Å². The van der Waals surface area contributed by atoms with Crippen molar-refractivity contribution < 1.29 is 4.79 Å². The molecule has 0 unspecified atom stereocenters. The summed E-state index contributed by atoms with van der Waals surface area (Å²) >= 11 is 0. The Hall–Kier alpha value is -2.22. The summed E-state index contributed by atoms with van der Waals surface area (Å²) in [6, 6.07) is 7.37. The molecule has 1 aromatic carbocycles. The third-order valence-electron chi connectivity index (χ3n) is 2.90. The molecule has 0 saturated heterocycles. The molecule has 5 nitrogen and oxygen atoms in total. The number of nitrogens with zero attached hydrogens (tertiary/aromatic N) is 3. The van der Waals surface area contributed by atoms with Crippen molar-refractivity contribution in [2.75, 3.05) is 37.8 Å². The minimum Gasteiger partial charge on any atom is -0.397 e. The molecule has 0 aromatic heterocycles. The third kappa shape index (κ3) is 3.62. The predicted molar refractivity (Wildman–Crippen MR) is 77.0 cm³/mol. The number of carbonyl (C=O) groups is 1. The number of benzene rings is 1. The Bertz CT molecular complexity index is 491. The van der Waals surface area contributed by atoms with Crippen LogP contribution < -0.4 is 10.6 Å². The van der Waals surface area contributed by atoms with Crippen LogP contribution in [0.4, 0.5) is 11.4 Å². The van der Waals surface area contributed by atoms with Crippen LogP contribution >= 0.6 is 0 Å². The molecule has 102 valence electrons. The number of carbonyl (C=O) groups excluding carboxylic acids is 1. The number of hydrogen-bond acceptors (Lipinski definition) is 4. The molecule has 2 N–H and O–H groups in total. The Kier molecular flexibility index (Phi) is 5.19. The van der Waals surface area contributed by atoms with Gasteiger partial charge in [-0.05, 0) is 25.1 Å². The molecule has 19 heavy (non-hydrogen) atoms. The van der Waals surface area contributed by atoms with E-state index in [9.17, 15) is 4.79 Å². The van der Waals surface area contributed by atoms with E-state index in [2.05, 4.69) is 6.07 Å². The minimum atomic E-state index is -0.0578. The molecule has 0 aliphatic heterocycles. The van der Waals surface area contributed by atoms with Crippen LogP contribution in [0.3, 0.4) is 0 Å². The van der Waals surface area contributed by atoms with Gasteiger partial charge < -0.3 is 15.5 Å². The van der Waals surface area contributed by atoms with E-state index in [0.29, 0.717) is 24.2 Å². The van der Waals surface area contributed by atoms with Crippen molar-refractivity contribution in [1.29, 1.82) is 5.26 Å². The maximum atomic E-state index is 11.9. The fourth-order valence-corrected chi connectivity index (χ4v) is 1.84. The van der Waals surface area contributed by atoms with Crippen LogP contribution in [-0.4, -0.2) is 38.0 Å². The Morgan fingerprint density at radius 1 is 1.42 bits per heavy atom. The number of nitrogens with two attached hydrogens (primary N) is 1. The lowest BCUT2D eigenvalue weighted by molar-refractivity contribution is 0.0827. The zero-order chi connectivity index (χ0) is 14.4. The summed E-state index contributed by atoms with van der Waals surface area (Å²) in [6.07, 6.45) is 0.430. The van der Waals surface area contributed by atoms with E-state index < -0.39 is 0 Å². The summed E-state index contributed by atoms with van der Waals surface area (Å²) in [5, 5.41) is 8.67. The highest BCUT2D eigenvalue weighted by atomic mass is 16.2. The van der Waals surface area contributed by atoms with Crippen molar-refractivity contribution in [3.05, 3.63) is 23.8 Å². The highest BCUT2D eigenvalue weighted by molar-refractivity contribution is 5.96. The number of amides is 1. The van der Waals surface area contributed by atoms with E-state index in [4.69, 9.17) is 11.0 Å². The van der Waals surface area contributed by atoms with Gasteiger partial charge in [-0.25, -0.2) is 0 Å². The summed E-state index contributed by atoms with van der Waals surface area (Å²) in [5.74, 6) is -0.0578. The summed E-state index contributed by atoms with van der Waals surface area (Å²) in [4.78, 5) is 15.5. The van der Waals surface area contributed by atoms with E-state index in [1.54, 1.807) is 32.3 Å². The minimum absolute atomic E-state index is 0.0578. The summed E-state index contributed by atoms with van der Waals surface area (Å²) in [6.45, 7) is 3.35. The predicted octanol–water partition coefficient (Wildman–Crippen LogP) is 1.71. The second-order valence-corrected chi connectivity index (χ2v) is 4.46. The van der Waals surface area contributed by atoms with Crippen LogP contribution in [0.15, 0.2) is 18.2 Å². The first-order valence-electron chi connectivity index (χ1n) is 6.24. The Balaban J connectivity index is 3.08. The van der Waals surface area contributed by atoms with E-state index in [-0.39, 0.29) is 5.91 Å². The second-order valence-electron chi connectivity index (χ2n) is 4.46. The van der Waals surface area contributed by atoms with Gasteiger partial charge in [0.05, 0.1) is 23.9 Å². The Morgan fingerprint density at radius 2 is 2.11 bits per heavy atom. The van der Waals surface area contributed by atoms with E-state index >= 15 is 0 Å².